The number of hydrogen-bond donors (Lipinski definition) is 0. The van der Waals surface area contributed by atoms with E-state index < -0.39 is 5.91 Å². The Morgan fingerprint density at radius 2 is 2.25 bits per heavy atom. The lowest BCUT2D eigenvalue weighted by atomic mass is 10.1. The molecule has 1 aromatic heterocycles. The number of ether oxygens (including phenoxy) is 3. The number of rotatable bonds is 6. The molecule has 0 aliphatic carbocycles. The summed E-state index contributed by atoms with van der Waals surface area (Å²) in [5.41, 5.74) is 1.61. The van der Waals surface area contributed by atoms with E-state index in [-0.39, 0.29) is 12.7 Å². The molecule has 1 aliphatic heterocycles. The van der Waals surface area contributed by atoms with E-state index in [9.17, 15) is 0 Å². The molecule has 3 rings (SSSR count). The normalized spacial score (nSPS) is 22.8. The van der Waals surface area contributed by atoms with E-state index in [1.54, 1.807) is 35.4 Å². The first kappa shape index (κ1) is 16.2. The highest BCUT2D eigenvalue weighted by Crippen LogP contribution is 2.32. The second kappa shape index (κ2) is 7.29. The Kier molecular flexibility index (Phi) is 4.93. The smallest absolute Gasteiger partial charge is 0.261 e. The van der Waals surface area contributed by atoms with Crippen LogP contribution in [0.25, 0.3) is 0 Å². The van der Waals surface area contributed by atoms with Gasteiger partial charge in [-0.25, -0.2) is 4.98 Å². The maximum Gasteiger partial charge on any atom is 0.261 e. The Morgan fingerprint density at radius 1 is 1.42 bits per heavy atom. The molecule has 122 valence electrons. The first-order chi connectivity index (χ1) is 11.8. The number of aromatic nitrogens is 2. The van der Waals surface area contributed by atoms with Gasteiger partial charge in [0, 0.05) is 18.8 Å². The average Bonchev–Trinajstić information content (AvgIpc) is 3.27. The molecule has 2 unspecified atom stereocenters. The van der Waals surface area contributed by atoms with Crippen LogP contribution in [-0.2, 0) is 26.5 Å². The highest BCUT2D eigenvalue weighted by Gasteiger charge is 2.43. The quantitative estimate of drug-likeness (QED) is 0.597. The van der Waals surface area contributed by atoms with Gasteiger partial charge >= 0.3 is 0 Å². The van der Waals surface area contributed by atoms with Gasteiger partial charge in [-0.15, -0.1) is 6.42 Å². The van der Waals surface area contributed by atoms with Gasteiger partial charge in [0.1, 0.15) is 12.7 Å². The lowest BCUT2D eigenvalue weighted by Gasteiger charge is -2.29. The first-order valence-electron chi connectivity index (χ1n) is 7.56. The molecule has 0 radical (unpaired) electrons. The van der Waals surface area contributed by atoms with Crippen LogP contribution in [0.3, 0.4) is 0 Å². The maximum atomic E-state index is 8.91. The zero-order valence-corrected chi connectivity index (χ0v) is 13.1. The predicted octanol–water partition coefficient (Wildman–Crippen LogP) is 1.67. The minimum Gasteiger partial charge on any atom is -0.366 e. The minimum absolute atomic E-state index is 0.209. The molecule has 0 N–H and O–H groups in total. The van der Waals surface area contributed by atoms with Crippen LogP contribution in [0.2, 0.25) is 0 Å². The average molecular weight is 323 g/mol. The molecule has 1 aliphatic rings. The monoisotopic (exact) mass is 323 g/mol. The van der Waals surface area contributed by atoms with Gasteiger partial charge in [-0.2, -0.15) is 5.26 Å². The molecule has 1 aromatic carbocycles. The van der Waals surface area contributed by atoms with Crippen molar-refractivity contribution in [2.75, 3.05) is 19.8 Å². The molecular formula is C18H17N3O3. The standard InChI is InChI=1S/C18H17N3O3/c1-2-9-22-12-17-13-23-18(24-17,21-8-7-20-14-21)10-15-3-5-16(11-19)6-4-15/h1,3-8,14,17H,9-10,12-13H2. The number of nitrogens with zero attached hydrogens (tertiary/aromatic N) is 3. The van der Waals surface area contributed by atoms with Gasteiger partial charge in [0.2, 0.25) is 0 Å². The van der Waals surface area contributed by atoms with Crippen molar-refractivity contribution in [1.29, 1.82) is 5.26 Å². The largest absolute Gasteiger partial charge is 0.366 e. The Labute approximate surface area is 140 Å². The Hall–Kier alpha value is -2.64. The first-order valence-corrected chi connectivity index (χ1v) is 7.56. The summed E-state index contributed by atoms with van der Waals surface area (Å²) in [7, 11) is 0. The van der Waals surface area contributed by atoms with Crippen LogP contribution in [0.15, 0.2) is 43.0 Å². The summed E-state index contributed by atoms with van der Waals surface area (Å²) < 4.78 is 19.3. The lowest BCUT2D eigenvalue weighted by molar-refractivity contribution is -0.235. The van der Waals surface area contributed by atoms with Crippen LogP contribution in [0.5, 0.6) is 0 Å². The van der Waals surface area contributed by atoms with Crippen molar-refractivity contribution >= 4 is 0 Å². The zero-order chi connectivity index (χ0) is 16.8. The van der Waals surface area contributed by atoms with Crippen molar-refractivity contribution in [1.82, 2.24) is 9.55 Å². The fraction of sp³-hybridized carbons (Fsp3) is 0.333. The summed E-state index contributed by atoms with van der Waals surface area (Å²) in [5.74, 6) is 1.45. The SMILES string of the molecule is C#CCOCC1COC(Cc2ccc(C#N)cc2)(n2ccnc2)O1. The van der Waals surface area contributed by atoms with Crippen LogP contribution in [-0.4, -0.2) is 35.5 Å². The fourth-order valence-corrected chi connectivity index (χ4v) is 2.62. The highest BCUT2D eigenvalue weighted by atomic mass is 16.8. The van der Waals surface area contributed by atoms with Gasteiger partial charge in [0.25, 0.3) is 5.91 Å². The number of imidazole rings is 1. The third-order valence-electron chi connectivity index (χ3n) is 3.74. The summed E-state index contributed by atoms with van der Waals surface area (Å²) in [4.78, 5) is 4.08. The molecule has 6 nitrogen and oxygen atoms in total. The second-order valence-corrected chi connectivity index (χ2v) is 5.44. The van der Waals surface area contributed by atoms with Crippen molar-refractivity contribution in [2.45, 2.75) is 18.4 Å². The molecule has 0 spiro atoms. The van der Waals surface area contributed by atoms with Gasteiger partial charge in [-0.05, 0) is 17.7 Å². The topological polar surface area (TPSA) is 69.3 Å². The molecule has 2 atom stereocenters. The Bertz CT molecular complexity index is 743. The van der Waals surface area contributed by atoms with Gasteiger partial charge < -0.3 is 14.2 Å². The van der Waals surface area contributed by atoms with Crippen molar-refractivity contribution in [3.05, 3.63) is 54.1 Å². The predicted molar refractivity (Wildman–Crippen MR) is 85.5 cm³/mol. The minimum atomic E-state index is -0.977. The van der Waals surface area contributed by atoms with E-state index >= 15 is 0 Å². The summed E-state index contributed by atoms with van der Waals surface area (Å²) in [5, 5.41) is 8.91. The van der Waals surface area contributed by atoms with E-state index in [2.05, 4.69) is 17.0 Å². The highest BCUT2D eigenvalue weighted by molar-refractivity contribution is 5.32. The zero-order valence-electron chi connectivity index (χ0n) is 13.1. The Morgan fingerprint density at radius 3 is 2.92 bits per heavy atom. The molecule has 0 saturated carbocycles. The van der Waals surface area contributed by atoms with Crippen molar-refractivity contribution < 1.29 is 14.2 Å². The third-order valence-corrected chi connectivity index (χ3v) is 3.74. The number of nitriles is 1. The summed E-state index contributed by atoms with van der Waals surface area (Å²) in [6.07, 6.45) is 10.6. The maximum absolute atomic E-state index is 8.91. The van der Waals surface area contributed by atoms with Crippen LogP contribution in [0.1, 0.15) is 11.1 Å². The van der Waals surface area contributed by atoms with Crippen molar-refractivity contribution in [2.24, 2.45) is 0 Å². The van der Waals surface area contributed by atoms with Gasteiger partial charge in [-0.1, -0.05) is 18.1 Å². The number of hydrogen-bond acceptors (Lipinski definition) is 5. The van der Waals surface area contributed by atoms with Crippen LogP contribution >= 0.6 is 0 Å². The van der Waals surface area contributed by atoms with Crippen molar-refractivity contribution in [3.8, 4) is 18.4 Å². The molecule has 2 heterocycles. The van der Waals surface area contributed by atoms with E-state index in [4.69, 9.17) is 25.9 Å². The molecule has 0 amide bonds. The van der Waals surface area contributed by atoms with Crippen LogP contribution < -0.4 is 0 Å². The van der Waals surface area contributed by atoms with Gasteiger partial charge in [0.05, 0.1) is 31.2 Å². The summed E-state index contributed by atoms with van der Waals surface area (Å²) >= 11 is 0. The lowest BCUT2D eigenvalue weighted by Crippen LogP contribution is -2.37. The molecule has 1 saturated heterocycles. The Balaban J connectivity index is 1.77. The van der Waals surface area contributed by atoms with E-state index in [0.29, 0.717) is 25.2 Å². The molecule has 0 bridgehead atoms. The molecule has 1 fully saturated rings. The summed E-state index contributed by atoms with van der Waals surface area (Å²) in [6, 6.07) is 9.45. The fourth-order valence-electron chi connectivity index (χ4n) is 2.62. The van der Waals surface area contributed by atoms with Gasteiger partial charge in [0.15, 0.2) is 0 Å². The van der Waals surface area contributed by atoms with Crippen LogP contribution in [0.4, 0.5) is 0 Å². The van der Waals surface area contributed by atoms with E-state index in [0.717, 1.165) is 5.56 Å². The van der Waals surface area contributed by atoms with E-state index in [1.807, 2.05) is 12.1 Å². The third kappa shape index (κ3) is 3.47. The molecular weight excluding hydrogens is 306 g/mol. The van der Waals surface area contributed by atoms with Gasteiger partial charge in [-0.3, -0.25) is 4.57 Å². The number of terminal acetylenes is 1. The second-order valence-electron chi connectivity index (χ2n) is 5.44. The molecule has 2 aromatic rings. The number of benzene rings is 1. The molecule has 24 heavy (non-hydrogen) atoms. The van der Waals surface area contributed by atoms with E-state index in [1.165, 1.54) is 0 Å². The molecule has 6 heteroatoms. The van der Waals surface area contributed by atoms with Crippen LogP contribution in [0, 0.1) is 23.7 Å². The summed E-state index contributed by atoms with van der Waals surface area (Å²) in [6.45, 7) is 1.01. The van der Waals surface area contributed by atoms with Crippen molar-refractivity contribution in [3.63, 3.8) is 0 Å².